The summed E-state index contributed by atoms with van der Waals surface area (Å²) in [4.78, 5) is 26.4. The first-order valence-electron chi connectivity index (χ1n) is 10.8. The number of Topliss-reactive ketones (excluding diaryl/α,β-unsaturated/α-hetero) is 1. The van der Waals surface area contributed by atoms with Crippen molar-refractivity contribution >= 4 is 25.4 Å². The molecule has 0 aromatic heterocycles. The number of carbonyl (C=O) groups excluding carboxylic acids is 2. The van der Waals surface area contributed by atoms with E-state index in [-0.39, 0.29) is 11.8 Å². The number of allylic oxidation sites excluding steroid dienone is 1. The first kappa shape index (κ1) is 21.0. The highest BCUT2D eigenvalue weighted by molar-refractivity contribution is 6.76. The van der Waals surface area contributed by atoms with Crippen LogP contribution < -0.4 is 0 Å². The van der Waals surface area contributed by atoms with Crippen LogP contribution in [0.15, 0.2) is 36.4 Å². The molecule has 2 fully saturated rings. The Morgan fingerprint density at radius 3 is 2.21 bits per heavy atom. The van der Waals surface area contributed by atoms with Crippen molar-refractivity contribution < 1.29 is 14.3 Å². The number of benzene rings is 1. The highest BCUT2D eigenvalue weighted by atomic mass is 28.3. The minimum absolute atomic E-state index is 0.0440. The molecule has 1 aliphatic heterocycles. The summed E-state index contributed by atoms with van der Waals surface area (Å²) in [7, 11) is -1.35. The number of ketones is 1. The third-order valence-corrected chi connectivity index (χ3v) is 7.42. The van der Waals surface area contributed by atoms with Gasteiger partial charge in [0, 0.05) is 14.5 Å². The van der Waals surface area contributed by atoms with Crippen LogP contribution >= 0.6 is 0 Å². The van der Waals surface area contributed by atoms with Gasteiger partial charge in [0.05, 0.1) is 0 Å². The van der Waals surface area contributed by atoms with Gasteiger partial charge in [-0.05, 0) is 42.9 Å². The molecule has 1 spiro atoms. The maximum Gasteiger partial charge on any atom is 0.321 e. The highest BCUT2D eigenvalue weighted by Crippen LogP contribution is 2.41. The van der Waals surface area contributed by atoms with Crippen molar-refractivity contribution in [2.24, 2.45) is 5.92 Å². The number of esters is 1. The molecule has 1 atom stereocenters. The number of carbonyl (C=O) groups is 2. The topological polar surface area (TPSA) is 43.4 Å². The average molecular weight is 399 g/mol. The Balaban J connectivity index is 1.89. The summed E-state index contributed by atoms with van der Waals surface area (Å²) in [6.07, 6.45) is 9.85. The van der Waals surface area contributed by atoms with E-state index in [1.807, 2.05) is 30.3 Å². The molecule has 0 amide bonds. The lowest BCUT2D eigenvalue weighted by atomic mass is 9.76. The lowest BCUT2D eigenvalue weighted by molar-refractivity contribution is -0.177. The Kier molecular flexibility index (Phi) is 6.59. The molecule has 1 aromatic rings. The van der Waals surface area contributed by atoms with E-state index in [0.29, 0.717) is 6.42 Å². The number of rotatable bonds is 4. The van der Waals surface area contributed by atoms with E-state index < -0.39 is 19.6 Å². The van der Waals surface area contributed by atoms with Gasteiger partial charge < -0.3 is 4.74 Å². The van der Waals surface area contributed by atoms with Crippen LogP contribution in [-0.4, -0.2) is 25.4 Å². The van der Waals surface area contributed by atoms with Gasteiger partial charge in [-0.25, -0.2) is 0 Å². The van der Waals surface area contributed by atoms with Crippen LogP contribution in [0, 0.1) is 5.92 Å². The Morgan fingerprint density at radius 1 is 1.04 bits per heavy atom. The number of hydrogen-bond donors (Lipinski definition) is 0. The minimum Gasteiger partial charge on any atom is -0.458 e. The molecule has 28 heavy (non-hydrogen) atoms. The number of ether oxygens (including phenoxy) is 1. The average Bonchev–Trinajstić information content (AvgIpc) is 2.61. The second-order valence-corrected chi connectivity index (χ2v) is 15.3. The van der Waals surface area contributed by atoms with Gasteiger partial charge in [-0.3, -0.25) is 9.59 Å². The zero-order valence-electron chi connectivity index (χ0n) is 17.6. The van der Waals surface area contributed by atoms with E-state index in [2.05, 4.69) is 25.7 Å². The fourth-order valence-corrected chi connectivity index (χ4v) is 5.27. The van der Waals surface area contributed by atoms with Crippen LogP contribution in [0.4, 0.5) is 0 Å². The maximum atomic E-state index is 13.3. The van der Waals surface area contributed by atoms with Crippen LogP contribution in [0.3, 0.4) is 0 Å². The molecule has 0 bridgehead atoms. The first-order chi connectivity index (χ1) is 13.3. The van der Waals surface area contributed by atoms with Gasteiger partial charge in [-0.15, -0.1) is 0 Å². The molecule has 1 saturated heterocycles. The SMILES string of the molecule is C[Si](C)(C)CC=C(c1ccccc1)C1C(=O)CC2(CCCCCCC2)OC1=O. The smallest absolute Gasteiger partial charge is 0.321 e. The predicted octanol–water partition coefficient (Wildman–Crippen LogP) is 6.02. The molecule has 3 nitrogen and oxygen atoms in total. The largest absolute Gasteiger partial charge is 0.458 e. The van der Waals surface area contributed by atoms with Gasteiger partial charge in [0.25, 0.3) is 0 Å². The zero-order chi connectivity index (χ0) is 20.2. The summed E-state index contributed by atoms with van der Waals surface area (Å²) >= 11 is 0. The molecule has 152 valence electrons. The predicted molar refractivity (Wildman–Crippen MR) is 117 cm³/mol. The standard InChI is InChI=1S/C24H34O3Si/c1-28(2,3)17-14-20(19-12-8-7-9-13-19)22-21(25)18-24(27-23(22)26)15-10-5-4-6-11-16-24/h7-9,12-14,22H,4-6,10-11,15-18H2,1-3H3. The molecular formula is C24H34O3Si. The molecule has 0 N–H and O–H groups in total. The Morgan fingerprint density at radius 2 is 1.64 bits per heavy atom. The highest BCUT2D eigenvalue weighted by Gasteiger charge is 2.47. The Labute approximate surface area is 170 Å². The van der Waals surface area contributed by atoms with Crippen molar-refractivity contribution in [2.75, 3.05) is 0 Å². The molecule has 4 heteroatoms. The van der Waals surface area contributed by atoms with Crippen LogP contribution in [-0.2, 0) is 14.3 Å². The third kappa shape index (κ3) is 5.22. The maximum absolute atomic E-state index is 13.3. The van der Waals surface area contributed by atoms with Crippen molar-refractivity contribution in [2.45, 2.75) is 82.7 Å². The molecule has 1 heterocycles. The fourth-order valence-electron chi connectivity index (χ4n) is 4.44. The van der Waals surface area contributed by atoms with E-state index in [1.54, 1.807) is 0 Å². The second kappa shape index (κ2) is 8.77. The molecule has 1 unspecified atom stereocenters. The van der Waals surface area contributed by atoms with Gasteiger partial charge in [-0.1, -0.05) is 75.3 Å². The van der Waals surface area contributed by atoms with E-state index in [4.69, 9.17) is 4.74 Å². The summed E-state index contributed by atoms with van der Waals surface area (Å²) in [5, 5.41) is 0. The Hall–Kier alpha value is -1.68. The molecule has 1 aliphatic carbocycles. The summed E-state index contributed by atoms with van der Waals surface area (Å²) in [5.41, 5.74) is 1.26. The van der Waals surface area contributed by atoms with Gasteiger partial charge in [0.2, 0.25) is 0 Å². The first-order valence-corrected chi connectivity index (χ1v) is 14.5. The van der Waals surface area contributed by atoms with Crippen LogP contribution in [0.1, 0.15) is 56.9 Å². The van der Waals surface area contributed by atoms with Gasteiger partial charge in [0.15, 0.2) is 5.78 Å². The lowest BCUT2D eigenvalue weighted by Crippen LogP contribution is -2.48. The van der Waals surface area contributed by atoms with E-state index in [9.17, 15) is 9.59 Å². The van der Waals surface area contributed by atoms with Crippen molar-refractivity contribution in [3.05, 3.63) is 42.0 Å². The number of hydrogen-bond acceptors (Lipinski definition) is 3. The van der Waals surface area contributed by atoms with E-state index in [1.165, 1.54) is 19.3 Å². The quantitative estimate of drug-likeness (QED) is 0.354. The van der Waals surface area contributed by atoms with Crippen LogP contribution in [0.25, 0.3) is 5.57 Å². The van der Waals surface area contributed by atoms with Crippen LogP contribution in [0.5, 0.6) is 0 Å². The molecule has 3 rings (SSSR count). The van der Waals surface area contributed by atoms with Gasteiger partial charge >= 0.3 is 5.97 Å². The van der Waals surface area contributed by atoms with Crippen LogP contribution in [0.2, 0.25) is 25.7 Å². The van der Waals surface area contributed by atoms with Crippen molar-refractivity contribution in [3.63, 3.8) is 0 Å². The summed E-state index contributed by atoms with van der Waals surface area (Å²) in [5.74, 6) is -1.06. The van der Waals surface area contributed by atoms with Crippen molar-refractivity contribution in [3.8, 4) is 0 Å². The molecule has 2 aliphatic rings. The second-order valence-electron chi connectivity index (χ2n) is 9.74. The molecular weight excluding hydrogens is 364 g/mol. The third-order valence-electron chi connectivity index (χ3n) is 5.99. The van der Waals surface area contributed by atoms with E-state index >= 15 is 0 Å². The van der Waals surface area contributed by atoms with Crippen molar-refractivity contribution in [1.29, 1.82) is 0 Å². The monoisotopic (exact) mass is 398 g/mol. The summed E-state index contributed by atoms with van der Waals surface area (Å²) < 4.78 is 6.08. The summed E-state index contributed by atoms with van der Waals surface area (Å²) in [6, 6.07) is 10.8. The van der Waals surface area contributed by atoms with E-state index in [0.717, 1.165) is 42.9 Å². The fraction of sp³-hybridized carbons (Fsp3) is 0.583. The lowest BCUT2D eigenvalue weighted by Gasteiger charge is -2.40. The van der Waals surface area contributed by atoms with Crippen molar-refractivity contribution in [1.82, 2.24) is 0 Å². The Bertz CT molecular complexity index is 702. The van der Waals surface area contributed by atoms with Gasteiger partial charge in [-0.2, -0.15) is 0 Å². The molecule has 1 aromatic carbocycles. The summed E-state index contributed by atoms with van der Waals surface area (Å²) in [6.45, 7) is 6.91. The minimum atomic E-state index is -1.35. The van der Waals surface area contributed by atoms with Gasteiger partial charge in [0.1, 0.15) is 11.5 Å². The normalized spacial score (nSPS) is 23.8. The molecule has 0 radical (unpaired) electrons. The molecule has 1 saturated carbocycles. The zero-order valence-corrected chi connectivity index (χ0v) is 18.6.